The van der Waals surface area contributed by atoms with Gasteiger partial charge in [-0.15, -0.1) is 0 Å². The number of hydrogen-bond donors (Lipinski definition) is 2. The Morgan fingerprint density at radius 1 is 0.972 bits per heavy atom. The van der Waals surface area contributed by atoms with E-state index in [2.05, 4.69) is 10.6 Å². The fraction of sp³-hybridized carbons (Fsp3) is 0.464. The van der Waals surface area contributed by atoms with E-state index in [1.165, 1.54) is 7.11 Å². The van der Waals surface area contributed by atoms with E-state index in [4.69, 9.17) is 14.2 Å². The van der Waals surface area contributed by atoms with E-state index in [0.29, 0.717) is 12.8 Å². The van der Waals surface area contributed by atoms with E-state index < -0.39 is 35.2 Å². The smallest absolute Gasteiger partial charge is 0.408 e. The first-order valence-corrected chi connectivity index (χ1v) is 12.2. The zero-order valence-corrected chi connectivity index (χ0v) is 21.7. The van der Waals surface area contributed by atoms with Gasteiger partial charge < -0.3 is 24.8 Å². The molecule has 36 heavy (non-hydrogen) atoms. The maximum atomic E-state index is 13.4. The summed E-state index contributed by atoms with van der Waals surface area (Å²) in [5.41, 5.74) is 0.972. The normalized spacial score (nSPS) is 15.5. The number of rotatable bonds is 8. The molecule has 1 aliphatic rings. The third-order valence-corrected chi connectivity index (χ3v) is 6.23. The predicted molar refractivity (Wildman–Crippen MR) is 137 cm³/mol. The van der Waals surface area contributed by atoms with Crippen LogP contribution in [0.25, 0.3) is 11.1 Å². The zero-order valence-electron chi connectivity index (χ0n) is 21.7. The predicted octanol–water partition coefficient (Wildman–Crippen LogP) is 4.40. The summed E-state index contributed by atoms with van der Waals surface area (Å²) in [5.74, 6) is -0.196. The van der Waals surface area contributed by atoms with Gasteiger partial charge in [-0.05, 0) is 50.8 Å². The number of carbonyl (C=O) groups is 3. The van der Waals surface area contributed by atoms with Gasteiger partial charge in [-0.1, -0.05) is 55.3 Å². The monoisotopic (exact) mass is 496 g/mol. The van der Waals surface area contributed by atoms with Gasteiger partial charge in [0.15, 0.2) is 0 Å². The van der Waals surface area contributed by atoms with E-state index in [9.17, 15) is 14.4 Å². The number of esters is 1. The molecule has 0 spiro atoms. The molecule has 0 saturated heterocycles. The van der Waals surface area contributed by atoms with Gasteiger partial charge in [0, 0.05) is 12.0 Å². The first-order valence-electron chi connectivity index (χ1n) is 12.2. The lowest BCUT2D eigenvalue weighted by Crippen LogP contribution is -2.60. The van der Waals surface area contributed by atoms with Crippen LogP contribution in [-0.4, -0.2) is 49.4 Å². The standard InChI is InChI=1S/C28H36N2O6/c1-27(2,3)36-26(33)30-28(16-8-9-17-28)25(32)29-22(24(31)35-5)18-19-12-14-20(15-13-19)21-10-6-7-11-23(21)34-4/h6-7,10-15,22H,8-9,16-18H2,1-5H3,(H,29,32)(H,30,33)/t22-/m0/s1. The molecule has 0 radical (unpaired) electrons. The summed E-state index contributed by atoms with van der Waals surface area (Å²) in [6, 6.07) is 14.5. The molecule has 2 N–H and O–H groups in total. The molecule has 3 rings (SSSR count). The van der Waals surface area contributed by atoms with Crippen molar-refractivity contribution in [2.24, 2.45) is 0 Å². The van der Waals surface area contributed by atoms with E-state index in [1.54, 1.807) is 27.9 Å². The number of hydrogen-bond acceptors (Lipinski definition) is 6. The molecule has 1 atom stereocenters. The Kier molecular flexibility index (Phi) is 8.61. The Morgan fingerprint density at radius 3 is 2.19 bits per heavy atom. The van der Waals surface area contributed by atoms with Crippen LogP contribution in [0, 0.1) is 0 Å². The first-order chi connectivity index (χ1) is 17.1. The average Bonchev–Trinajstić information content (AvgIpc) is 3.31. The van der Waals surface area contributed by atoms with Crippen LogP contribution in [0.1, 0.15) is 52.0 Å². The Morgan fingerprint density at radius 2 is 1.61 bits per heavy atom. The lowest BCUT2D eigenvalue weighted by atomic mass is 9.95. The lowest BCUT2D eigenvalue weighted by Gasteiger charge is -2.32. The van der Waals surface area contributed by atoms with E-state index in [1.807, 2.05) is 48.5 Å². The fourth-order valence-corrected chi connectivity index (χ4v) is 4.46. The number of ether oxygens (including phenoxy) is 3. The van der Waals surface area contributed by atoms with Crippen molar-refractivity contribution in [3.8, 4) is 16.9 Å². The van der Waals surface area contributed by atoms with Gasteiger partial charge in [0.25, 0.3) is 0 Å². The largest absolute Gasteiger partial charge is 0.496 e. The number of methoxy groups -OCH3 is 2. The number of benzene rings is 2. The van der Waals surface area contributed by atoms with Crippen LogP contribution in [0.3, 0.4) is 0 Å². The molecule has 194 valence electrons. The lowest BCUT2D eigenvalue weighted by molar-refractivity contribution is -0.145. The second-order valence-corrected chi connectivity index (χ2v) is 10.1. The molecule has 0 heterocycles. The van der Waals surface area contributed by atoms with Crippen molar-refractivity contribution < 1.29 is 28.6 Å². The second kappa shape index (κ2) is 11.5. The van der Waals surface area contributed by atoms with Crippen molar-refractivity contribution in [1.82, 2.24) is 10.6 Å². The maximum Gasteiger partial charge on any atom is 0.408 e. The van der Waals surface area contributed by atoms with Crippen LogP contribution >= 0.6 is 0 Å². The van der Waals surface area contributed by atoms with Gasteiger partial charge in [-0.25, -0.2) is 9.59 Å². The third-order valence-electron chi connectivity index (χ3n) is 6.23. The summed E-state index contributed by atoms with van der Waals surface area (Å²) in [6.45, 7) is 5.29. The van der Waals surface area contributed by atoms with Crippen molar-refractivity contribution >= 4 is 18.0 Å². The summed E-state index contributed by atoms with van der Waals surface area (Å²) in [7, 11) is 2.92. The molecule has 0 bridgehead atoms. The van der Waals surface area contributed by atoms with Gasteiger partial charge in [0.05, 0.1) is 14.2 Å². The number of alkyl carbamates (subject to hydrolysis) is 1. The van der Waals surface area contributed by atoms with E-state index in [-0.39, 0.29) is 6.42 Å². The first kappa shape index (κ1) is 27.0. The summed E-state index contributed by atoms with van der Waals surface area (Å²) < 4.78 is 15.8. The molecular weight excluding hydrogens is 460 g/mol. The second-order valence-electron chi connectivity index (χ2n) is 10.1. The minimum atomic E-state index is -1.12. The van der Waals surface area contributed by atoms with Gasteiger partial charge >= 0.3 is 12.1 Å². The summed E-state index contributed by atoms with van der Waals surface area (Å²) in [4.78, 5) is 38.5. The molecule has 0 aliphatic heterocycles. The summed E-state index contributed by atoms with van der Waals surface area (Å²) in [5, 5.41) is 5.60. The summed E-state index contributed by atoms with van der Waals surface area (Å²) >= 11 is 0. The minimum Gasteiger partial charge on any atom is -0.496 e. The zero-order chi connectivity index (χ0) is 26.3. The van der Waals surface area contributed by atoms with Crippen LogP contribution < -0.4 is 15.4 Å². The van der Waals surface area contributed by atoms with Crippen molar-refractivity contribution in [2.75, 3.05) is 14.2 Å². The molecule has 2 amide bonds. The third kappa shape index (κ3) is 6.77. The number of carbonyl (C=O) groups excluding carboxylic acids is 3. The Labute approximate surface area is 212 Å². The number of amides is 2. The summed E-state index contributed by atoms with van der Waals surface area (Å²) in [6.07, 6.45) is 2.11. The Balaban J connectivity index is 1.75. The molecule has 1 fully saturated rings. The van der Waals surface area contributed by atoms with E-state index >= 15 is 0 Å². The number of nitrogens with one attached hydrogen (secondary N) is 2. The van der Waals surface area contributed by atoms with Crippen molar-refractivity contribution in [3.05, 3.63) is 54.1 Å². The van der Waals surface area contributed by atoms with Crippen molar-refractivity contribution in [2.45, 2.75) is 70.1 Å². The van der Waals surface area contributed by atoms with Gasteiger partial charge in [-0.2, -0.15) is 0 Å². The quantitative estimate of drug-likeness (QED) is 0.525. The highest BCUT2D eigenvalue weighted by Gasteiger charge is 2.44. The molecule has 2 aromatic rings. The highest BCUT2D eigenvalue weighted by Crippen LogP contribution is 2.31. The van der Waals surface area contributed by atoms with Crippen LogP contribution in [-0.2, 0) is 25.5 Å². The fourth-order valence-electron chi connectivity index (χ4n) is 4.46. The highest BCUT2D eigenvalue weighted by molar-refractivity contribution is 5.93. The molecular formula is C28H36N2O6. The van der Waals surface area contributed by atoms with Crippen molar-refractivity contribution in [1.29, 1.82) is 0 Å². The molecule has 8 heteroatoms. The van der Waals surface area contributed by atoms with Crippen LogP contribution in [0.15, 0.2) is 48.5 Å². The molecule has 0 aromatic heterocycles. The van der Waals surface area contributed by atoms with Gasteiger partial charge in [-0.3, -0.25) is 4.79 Å². The molecule has 2 aromatic carbocycles. The van der Waals surface area contributed by atoms with E-state index in [0.717, 1.165) is 35.3 Å². The average molecular weight is 497 g/mol. The van der Waals surface area contributed by atoms with Crippen LogP contribution in [0.4, 0.5) is 4.79 Å². The van der Waals surface area contributed by atoms with Crippen molar-refractivity contribution in [3.63, 3.8) is 0 Å². The number of para-hydroxylation sites is 1. The topological polar surface area (TPSA) is 103 Å². The van der Waals surface area contributed by atoms with Gasteiger partial charge in [0.1, 0.15) is 22.9 Å². The maximum absolute atomic E-state index is 13.4. The molecule has 1 saturated carbocycles. The van der Waals surface area contributed by atoms with Gasteiger partial charge in [0.2, 0.25) is 5.91 Å². The van der Waals surface area contributed by atoms with Crippen LogP contribution in [0.2, 0.25) is 0 Å². The minimum absolute atomic E-state index is 0.243. The molecule has 1 aliphatic carbocycles. The Bertz CT molecular complexity index is 1070. The Hall–Kier alpha value is -3.55. The highest BCUT2D eigenvalue weighted by atomic mass is 16.6. The SMILES string of the molecule is COC(=O)[C@H](Cc1ccc(-c2ccccc2OC)cc1)NC(=O)C1(NC(=O)OC(C)(C)C)CCCC1. The van der Waals surface area contributed by atoms with Crippen LogP contribution in [0.5, 0.6) is 5.75 Å². The molecule has 8 nitrogen and oxygen atoms in total. The molecule has 0 unspecified atom stereocenters.